The summed E-state index contributed by atoms with van der Waals surface area (Å²) in [6.45, 7) is 0.893. The van der Waals surface area contributed by atoms with Gasteiger partial charge in [-0.05, 0) is 35.4 Å². The number of carbonyl (C=O) groups is 2. The van der Waals surface area contributed by atoms with Crippen LogP contribution >= 0.6 is 0 Å². The van der Waals surface area contributed by atoms with Crippen molar-refractivity contribution >= 4 is 19.8 Å². The van der Waals surface area contributed by atoms with Crippen molar-refractivity contribution in [2.45, 2.75) is 13.1 Å². The van der Waals surface area contributed by atoms with E-state index in [-0.39, 0.29) is 0 Å². The summed E-state index contributed by atoms with van der Waals surface area (Å²) in [6, 6.07) is 14.0. The number of benzene rings is 2. The van der Waals surface area contributed by atoms with Crippen LogP contribution in [-0.4, -0.2) is 24.6 Å². The molecule has 2 amide bonds. The second-order valence-corrected chi connectivity index (χ2v) is 5.03. The average molecular weight is 293 g/mol. The summed E-state index contributed by atoms with van der Waals surface area (Å²) in [7, 11) is 5.99. The molecular formula is C16H16BN3O2. The molecule has 0 fully saturated rings. The maximum Gasteiger partial charge on any atom is 0.248 e. The highest BCUT2D eigenvalue weighted by Gasteiger charge is 2.06. The fraction of sp³-hybridized carbons (Fsp3) is 0.125. The smallest absolute Gasteiger partial charge is 0.248 e. The van der Waals surface area contributed by atoms with Gasteiger partial charge in [-0.25, -0.2) is 0 Å². The molecule has 5 nitrogen and oxygen atoms in total. The fourth-order valence-electron chi connectivity index (χ4n) is 2.17. The van der Waals surface area contributed by atoms with Crippen LogP contribution in [0.3, 0.4) is 0 Å². The number of hydrogen-bond acceptors (Lipinski definition) is 3. The van der Waals surface area contributed by atoms with E-state index < -0.39 is 11.8 Å². The van der Waals surface area contributed by atoms with Crippen molar-refractivity contribution in [3.63, 3.8) is 0 Å². The first-order chi connectivity index (χ1) is 10.5. The molecule has 6 heteroatoms. The minimum absolute atomic E-state index is 0.446. The average Bonchev–Trinajstić information content (AvgIpc) is 2.47. The Morgan fingerprint density at radius 1 is 0.864 bits per heavy atom. The highest BCUT2D eigenvalue weighted by molar-refractivity contribution is 6.04. The molecule has 2 aromatic rings. The van der Waals surface area contributed by atoms with Gasteiger partial charge in [0, 0.05) is 24.2 Å². The normalized spacial score (nSPS) is 10.6. The molecule has 110 valence electrons. The Balaban J connectivity index is 2.05. The zero-order valence-electron chi connectivity index (χ0n) is 12.0. The molecule has 0 spiro atoms. The van der Waals surface area contributed by atoms with Crippen molar-refractivity contribution in [2.75, 3.05) is 0 Å². The zero-order chi connectivity index (χ0) is 16.1. The van der Waals surface area contributed by atoms with Crippen molar-refractivity contribution in [1.82, 2.24) is 4.81 Å². The van der Waals surface area contributed by atoms with Gasteiger partial charge in [0.15, 0.2) is 7.98 Å². The molecule has 0 aliphatic carbocycles. The van der Waals surface area contributed by atoms with Crippen LogP contribution < -0.4 is 11.5 Å². The number of rotatable bonds is 6. The number of primary amides is 2. The molecular weight excluding hydrogens is 277 g/mol. The van der Waals surface area contributed by atoms with E-state index in [1.54, 1.807) is 41.2 Å². The lowest BCUT2D eigenvalue weighted by molar-refractivity contribution is 0.0992. The van der Waals surface area contributed by atoms with E-state index >= 15 is 0 Å². The second-order valence-electron chi connectivity index (χ2n) is 5.03. The summed E-state index contributed by atoms with van der Waals surface area (Å²) >= 11 is 0. The van der Waals surface area contributed by atoms with Gasteiger partial charge in [-0.2, -0.15) is 0 Å². The molecule has 0 unspecified atom stereocenters. The van der Waals surface area contributed by atoms with Gasteiger partial charge in [0.05, 0.1) is 0 Å². The maximum absolute atomic E-state index is 11.2. The molecule has 0 bridgehead atoms. The monoisotopic (exact) mass is 293 g/mol. The maximum atomic E-state index is 11.2. The van der Waals surface area contributed by atoms with E-state index in [0.29, 0.717) is 24.2 Å². The largest absolute Gasteiger partial charge is 0.366 e. The van der Waals surface area contributed by atoms with Gasteiger partial charge in [0.2, 0.25) is 11.8 Å². The highest BCUT2D eigenvalue weighted by Crippen LogP contribution is 2.11. The standard InChI is InChI=1S/C16H16BN3O2/c17-20(9-11-3-1-5-13(7-11)15(18)21)10-12-4-2-6-14(8-12)16(19)22/h1-8H,9-10H2,(H2,18,21)(H2,19,22). The van der Waals surface area contributed by atoms with Gasteiger partial charge in [-0.1, -0.05) is 24.3 Å². The van der Waals surface area contributed by atoms with Crippen molar-refractivity contribution in [3.05, 3.63) is 70.8 Å². The Hall–Kier alpha value is -2.60. The van der Waals surface area contributed by atoms with Crippen LogP contribution in [0.5, 0.6) is 0 Å². The van der Waals surface area contributed by atoms with Crippen LogP contribution in [0.1, 0.15) is 31.8 Å². The molecule has 0 saturated carbocycles. The molecule has 0 aromatic heterocycles. The van der Waals surface area contributed by atoms with Crippen LogP contribution in [0.2, 0.25) is 0 Å². The third kappa shape index (κ3) is 4.20. The van der Waals surface area contributed by atoms with E-state index in [4.69, 9.17) is 19.4 Å². The molecule has 4 N–H and O–H groups in total. The van der Waals surface area contributed by atoms with E-state index in [0.717, 1.165) is 11.1 Å². The first-order valence-corrected chi connectivity index (χ1v) is 6.73. The molecule has 0 aliphatic rings. The van der Waals surface area contributed by atoms with E-state index in [1.165, 1.54) is 0 Å². The predicted octanol–water partition coefficient (Wildman–Crippen LogP) is 0.970. The number of nitrogens with two attached hydrogens (primary N) is 2. The van der Waals surface area contributed by atoms with Gasteiger partial charge < -0.3 is 16.3 Å². The fourth-order valence-corrected chi connectivity index (χ4v) is 2.17. The lowest BCUT2D eigenvalue weighted by atomic mass is 10.1. The van der Waals surface area contributed by atoms with E-state index in [9.17, 15) is 9.59 Å². The number of carbonyl (C=O) groups excluding carboxylic acids is 2. The summed E-state index contributed by atoms with van der Waals surface area (Å²) in [5.74, 6) is -0.945. The quantitative estimate of drug-likeness (QED) is 0.778. The first kappa shape index (κ1) is 15.8. The van der Waals surface area contributed by atoms with Crippen molar-refractivity contribution in [2.24, 2.45) is 11.5 Å². The van der Waals surface area contributed by atoms with Crippen molar-refractivity contribution in [1.29, 1.82) is 0 Å². The Morgan fingerprint density at radius 3 is 1.64 bits per heavy atom. The summed E-state index contributed by atoms with van der Waals surface area (Å²) < 4.78 is 0. The molecule has 0 saturated heterocycles. The van der Waals surface area contributed by atoms with Crippen LogP contribution in [-0.2, 0) is 13.1 Å². The molecule has 2 radical (unpaired) electrons. The zero-order valence-corrected chi connectivity index (χ0v) is 12.0. The van der Waals surface area contributed by atoms with Crippen molar-refractivity contribution < 1.29 is 9.59 Å². The number of nitrogens with zero attached hydrogens (tertiary/aromatic N) is 1. The highest BCUT2D eigenvalue weighted by atomic mass is 16.1. The molecule has 0 atom stereocenters. The van der Waals surface area contributed by atoms with E-state index in [2.05, 4.69) is 0 Å². The summed E-state index contributed by atoms with van der Waals surface area (Å²) in [4.78, 5) is 23.9. The van der Waals surface area contributed by atoms with Gasteiger partial charge >= 0.3 is 0 Å². The second kappa shape index (κ2) is 6.91. The molecule has 0 aliphatic heterocycles. The van der Waals surface area contributed by atoms with Crippen LogP contribution in [0, 0.1) is 0 Å². The molecule has 2 aromatic carbocycles. The third-order valence-corrected chi connectivity index (χ3v) is 3.19. The minimum Gasteiger partial charge on any atom is -0.366 e. The Labute approximate surface area is 130 Å². The molecule has 0 heterocycles. The Morgan fingerprint density at radius 2 is 1.27 bits per heavy atom. The molecule has 2 rings (SSSR count). The summed E-state index contributed by atoms with van der Waals surface area (Å²) in [5.41, 5.74) is 13.2. The van der Waals surface area contributed by atoms with Gasteiger partial charge in [-0.15, -0.1) is 0 Å². The van der Waals surface area contributed by atoms with Crippen molar-refractivity contribution in [3.8, 4) is 0 Å². The van der Waals surface area contributed by atoms with Crippen LogP contribution in [0.25, 0.3) is 0 Å². The lowest BCUT2D eigenvalue weighted by Crippen LogP contribution is -2.20. The minimum atomic E-state index is -0.473. The summed E-state index contributed by atoms with van der Waals surface area (Å²) in [5, 5.41) is 0. The first-order valence-electron chi connectivity index (χ1n) is 6.73. The van der Waals surface area contributed by atoms with E-state index in [1.807, 2.05) is 12.1 Å². The Kier molecular flexibility index (Phi) is 4.96. The van der Waals surface area contributed by atoms with Gasteiger partial charge in [0.1, 0.15) is 0 Å². The third-order valence-electron chi connectivity index (χ3n) is 3.19. The SMILES string of the molecule is [B]N(Cc1cccc(C(N)=O)c1)Cc1cccc(C(N)=O)c1. The van der Waals surface area contributed by atoms with Crippen LogP contribution in [0.15, 0.2) is 48.5 Å². The summed E-state index contributed by atoms with van der Waals surface area (Å²) in [6.07, 6.45) is 0. The number of amides is 2. The molecule has 22 heavy (non-hydrogen) atoms. The van der Waals surface area contributed by atoms with Gasteiger partial charge in [-0.3, -0.25) is 9.59 Å². The predicted molar refractivity (Wildman–Crippen MR) is 84.9 cm³/mol. The lowest BCUT2D eigenvalue weighted by Gasteiger charge is -2.18. The van der Waals surface area contributed by atoms with Crippen LogP contribution in [0.4, 0.5) is 0 Å². The van der Waals surface area contributed by atoms with Gasteiger partial charge in [0.25, 0.3) is 0 Å². The number of hydrogen-bond donors (Lipinski definition) is 2. The topological polar surface area (TPSA) is 89.4 Å². The Bertz CT molecular complexity index is 644.